The zero-order valence-electron chi connectivity index (χ0n) is 8.23. The molecule has 0 saturated heterocycles. The zero-order valence-corrected chi connectivity index (χ0v) is 8.23. The van der Waals surface area contributed by atoms with Crippen LogP contribution in [0.25, 0.3) is 0 Å². The Hall–Kier alpha value is -2.11. The molecule has 0 bridgehead atoms. The Labute approximate surface area is 86.2 Å². The van der Waals surface area contributed by atoms with E-state index < -0.39 is 11.9 Å². The van der Waals surface area contributed by atoms with E-state index in [2.05, 4.69) is 17.0 Å². The van der Waals surface area contributed by atoms with Gasteiger partial charge in [0.05, 0.1) is 5.56 Å². The molecular formula is C9H11N3O3. The fourth-order valence-corrected chi connectivity index (χ4v) is 1.07. The number of carbonyl (C=O) groups excluding carboxylic acids is 1. The Morgan fingerprint density at radius 2 is 2.40 bits per heavy atom. The lowest BCUT2D eigenvalue weighted by atomic mass is 10.2. The number of carboxylic acid groups (broad SMARTS) is 1. The molecule has 80 valence electrons. The van der Waals surface area contributed by atoms with Gasteiger partial charge in [0.2, 0.25) is 0 Å². The maximum Gasteiger partial charge on any atom is 0.357 e. The van der Waals surface area contributed by atoms with Crippen molar-refractivity contribution in [2.24, 2.45) is 7.05 Å². The number of aromatic carboxylic acids is 1. The lowest BCUT2D eigenvalue weighted by Crippen LogP contribution is -2.24. The first kappa shape index (κ1) is 11.0. The highest BCUT2D eigenvalue weighted by Crippen LogP contribution is 2.05. The van der Waals surface area contributed by atoms with E-state index in [0.29, 0.717) is 0 Å². The van der Waals surface area contributed by atoms with Crippen molar-refractivity contribution in [1.82, 2.24) is 15.1 Å². The third-order valence-electron chi connectivity index (χ3n) is 1.68. The van der Waals surface area contributed by atoms with Crippen molar-refractivity contribution in [3.63, 3.8) is 0 Å². The van der Waals surface area contributed by atoms with Gasteiger partial charge in [-0.3, -0.25) is 9.48 Å². The van der Waals surface area contributed by atoms with Crippen molar-refractivity contribution < 1.29 is 14.7 Å². The minimum Gasteiger partial charge on any atom is -0.476 e. The van der Waals surface area contributed by atoms with Crippen molar-refractivity contribution in [2.75, 3.05) is 6.54 Å². The predicted molar refractivity (Wildman–Crippen MR) is 52.7 cm³/mol. The Kier molecular flexibility index (Phi) is 3.22. The molecule has 6 nitrogen and oxygen atoms in total. The van der Waals surface area contributed by atoms with Gasteiger partial charge >= 0.3 is 5.97 Å². The third-order valence-corrected chi connectivity index (χ3v) is 1.68. The summed E-state index contributed by atoms with van der Waals surface area (Å²) < 4.78 is 1.28. The van der Waals surface area contributed by atoms with Gasteiger partial charge in [-0.05, 0) is 0 Å². The van der Waals surface area contributed by atoms with Gasteiger partial charge in [0.1, 0.15) is 0 Å². The lowest BCUT2D eigenvalue weighted by Gasteiger charge is -1.99. The molecule has 1 aromatic heterocycles. The monoisotopic (exact) mass is 209 g/mol. The smallest absolute Gasteiger partial charge is 0.357 e. The van der Waals surface area contributed by atoms with E-state index in [1.165, 1.54) is 17.0 Å². The van der Waals surface area contributed by atoms with Crippen molar-refractivity contribution >= 4 is 11.9 Å². The first-order valence-electron chi connectivity index (χ1n) is 4.22. The Bertz CT molecular complexity index is 409. The highest BCUT2D eigenvalue weighted by molar-refractivity contribution is 6.03. The maximum atomic E-state index is 11.5. The summed E-state index contributed by atoms with van der Waals surface area (Å²) in [6.45, 7) is 3.72. The van der Waals surface area contributed by atoms with E-state index in [1.807, 2.05) is 0 Å². The zero-order chi connectivity index (χ0) is 11.4. The standard InChI is InChI=1S/C9H11N3O3/c1-3-4-10-8(13)6-5-12(2)11-7(6)9(14)15/h3,5H,1,4H2,2H3,(H,10,13)(H,14,15). The molecule has 0 spiro atoms. The average Bonchev–Trinajstić information content (AvgIpc) is 2.57. The van der Waals surface area contributed by atoms with Crippen LogP contribution in [0.2, 0.25) is 0 Å². The second kappa shape index (κ2) is 4.41. The summed E-state index contributed by atoms with van der Waals surface area (Å²) in [6, 6.07) is 0. The largest absolute Gasteiger partial charge is 0.476 e. The number of nitrogens with one attached hydrogen (secondary N) is 1. The van der Waals surface area contributed by atoms with Gasteiger partial charge in [0.25, 0.3) is 5.91 Å². The van der Waals surface area contributed by atoms with Gasteiger partial charge in [-0.1, -0.05) is 6.08 Å². The van der Waals surface area contributed by atoms with Crippen LogP contribution in [-0.4, -0.2) is 33.3 Å². The normalized spacial score (nSPS) is 9.67. The molecule has 0 saturated carbocycles. The van der Waals surface area contributed by atoms with Crippen LogP contribution in [-0.2, 0) is 7.05 Å². The van der Waals surface area contributed by atoms with Crippen LogP contribution in [0.3, 0.4) is 0 Å². The summed E-state index contributed by atoms with van der Waals surface area (Å²) >= 11 is 0. The molecule has 0 aromatic carbocycles. The first-order chi connectivity index (χ1) is 7.06. The summed E-state index contributed by atoms with van der Waals surface area (Å²) in [7, 11) is 1.55. The molecule has 15 heavy (non-hydrogen) atoms. The Balaban J connectivity index is 2.96. The molecule has 1 rings (SSSR count). The molecule has 0 aliphatic rings. The van der Waals surface area contributed by atoms with E-state index in [1.54, 1.807) is 7.05 Å². The second-order valence-corrected chi connectivity index (χ2v) is 2.87. The third kappa shape index (κ3) is 2.43. The molecule has 0 atom stereocenters. The predicted octanol–water partition coefficient (Wildman–Crippen LogP) is 0.0341. The first-order valence-corrected chi connectivity index (χ1v) is 4.22. The van der Waals surface area contributed by atoms with Crippen LogP contribution in [0.4, 0.5) is 0 Å². The van der Waals surface area contributed by atoms with Crippen LogP contribution < -0.4 is 5.32 Å². The van der Waals surface area contributed by atoms with Gasteiger partial charge in [0, 0.05) is 19.8 Å². The summed E-state index contributed by atoms with van der Waals surface area (Å²) in [5.41, 5.74) is -0.203. The molecule has 0 aliphatic carbocycles. The Morgan fingerprint density at radius 1 is 1.73 bits per heavy atom. The van der Waals surface area contributed by atoms with Crippen molar-refractivity contribution in [2.45, 2.75) is 0 Å². The van der Waals surface area contributed by atoms with E-state index in [-0.39, 0.29) is 17.8 Å². The fourth-order valence-electron chi connectivity index (χ4n) is 1.07. The molecule has 0 unspecified atom stereocenters. The van der Waals surface area contributed by atoms with Crippen molar-refractivity contribution in [1.29, 1.82) is 0 Å². The molecule has 0 radical (unpaired) electrons. The highest BCUT2D eigenvalue weighted by atomic mass is 16.4. The number of carboxylic acids is 1. The highest BCUT2D eigenvalue weighted by Gasteiger charge is 2.20. The van der Waals surface area contributed by atoms with Gasteiger partial charge in [0.15, 0.2) is 5.69 Å². The van der Waals surface area contributed by atoms with Gasteiger partial charge < -0.3 is 10.4 Å². The molecule has 1 aromatic rings. The van der Waals surface area contributed by atoms with Crippen LogP contribution in [0.5, 0.6) is 0 Å². The SMILES string of the molecule is C=CCNC(=O)c1cn(C)nc1C(=O)O. The van der Waals surface area contributed by atoms with Gasteiger partial charge in [-0.25, -0.2) is 4.79 Å². The second-order valence-electron chi connectivity index (χ2n) is 2.87. The summed E-state index contributed by atoms with van der Waals surface area (Å²) in [4.78, 5) is 22.2. The maximum absolute atomic E-state index is 11.5. The molecule has 1 amide bonds. The van der Waals surface area contributed by atoms with E-state index in [9.17, 15) is 9.59 Å². The number of nitrogens with zero attached hydrogens (tertiary/aromatic N) is 2. The van der Waals surface area contributed by atoms with E-state index in [0.717, 1.165) is 0 Å². The van der Waals surface area contributed by atoms with Crippen molar-refractivity contribution in [3.05, 3.63) is 30.1 Å². The Morgan fingerprint density at radius 3 is 2.93 bits per heavy atom. The summed E-state index contributed by atoms with van der Waals surface area (Å²) in [5.74, 6) is -1.69. The van der Waals surface area contributed by atoms with Crippen LogP contribution in [0, 0.1) is 0 Å². The minimum absolute atomic E-state index is 0.0480. The average molecular weight is 209 g/mol. The summed E-state index contributed by atoms with van der Waals surface area (Å²) in [6.07, 6.45) is 2.87. The lowest BCUT2D eigenvalue weighted by molar-refractivity contribution is 0.0684. The number of aromatic nitrogens is 2. The van der Waals surface area contributed by atoms with E-state index in [4.69, 9.17) is 5.11 Å². The molecule has 2 N–H and O–H groups in total. The summed E-state index contributed by atoms with van der Waals surface area (Å²) in [5, 5.41) is 14.9. The quantitative estimate of drug-likeness (QED) is 0.685. The molecular weight excluding hydrogens is 198 g/mol. The van der Waals surface area contributed by atoms with Crippen LogP contribution in [0.15, 0.2) is 18.9 Å². The number of aryl methyl sites for hydroxylation is 1. The number of carbonyl (C=O) groups is 2. The fraction of sp³-hybridized carbons (Fsp3) is 0.222. The molecule has 0 fully saturated rings. The van der Waals surface area contributed by atoms with Crippen molar-refractivity contribution in [3.8, 4) is 0 Å². The number of hydrogen-bond donors (Lipinski definition) is 2. The molecule has 0 aliphatic heterocycles. The molecule has 6 heteroatoms. The van der Waals surface area contributed by atoms with E-state index >= 15 is 0 Å². The minimum atomic E-state index is -1.22. The number of amides is 1. The van der Waals surface area contributed by atoms with Crippen LogP contribution in [0.1, 0.15) is 20.8 Å². The molecule has 1 heterocycles. The number of hydrogen-bond acceptors (Lipinski definition) is 3. The van der Waals surface area contributed by atoms with Gasteiger partial charge in [-0.15, -0.1) is 6.58 Å². The number of rotatable bonds is 4. The topological polar surface area (TPSA) is 84.2 Å². The van der Waals surface area contributed by atoms with Gasteiger partial charge in [-0.2, -0.15) is 5.10 Å². The van der Waals surface area contributed by atoms with Crippen LogP contribution >= 0.6 is 0 Å².